The first-order valence-electron chi connectivity index (χ1n) is 5.88. The smallest absolute Gasteiger partial charge is 0.328 e. The Kier molecular flexibility index (Phi) is 3.19. The average molecular weight is 244 g/mol. The third-order valence-electron chi connectivity index (χ3n) is 2.76. The molecule has 0 spiro atoms. The lowest BCUT2D eigenvalue weighted by Crippen LogP contribution is -2.03. The molecule has 1 N–H and O–H groups in total. The second-order valence-electron chi connectivity index (χ2n) is 4.60. The highest BCUT2D eigenvalue weighted by Gasteiger charge is 2.11. The quantitative estimate of drug-likeness (QED) is 0.844. The Morgan fingerprint density at radius 3 is 2.78 bits per heavy atom. The van der Waals surface area contributed by atoms with E-state index in [1.165, 1.54) is 6.08 Å². The van der Waals surface area contributed by atoms with Gasteiger partial charge in [-0.2, -0.15) is 0 Å². The number of hydrogen-bond donors (Lipinski definition) is 1. The number of rotatable bonds is 3. The van der Waals surface area contributed by atoms with Crippen LogP contribution >= 0.6 is 0 Å². The molecule has 94 valence electrons. The van der Waals surface area contributed by atoms with Gasteiger partial charge in [-0.15, -0.1) is 0 Å². The first kappa shape index (κ1) is 12.4. The van der Waals surface area contributed by atoms with E-state index in [4.69, 9.17) is 5.11 Å². The van der Waals surface area contributed by atoms with E-state index in [0.717, 1.165) is 22.7 Å². The summed E-state index contributed by atoms with van der Waals surface area (Å²) in [5.74, 6) is -0.290. The zero-order valence-electron chi connectivity index (χ0n) is 10.7. The summed E-state index contributed by atoms with van der Waals surface area (Å²) in [6.45, 7) is 6.15. The van der Waals surface area contributed by atoms with Crippen molar-refractivity contribution in [1.82, 2.24) is 9.55 Å². The Morgan fingerprint density at radius 2 is 2.17 bits per heavy atom. The Balaban J connectivity index is 2.65. The first-order chi connectivity index (χ1) is 8.49. The zero-order valence-corrected chi connectivity index (χ0v) is 10.7. The highest BCUT2D eigenvalue weighted by molar-refractivity contribution is 5.86. The Morgan fingerprint density at radius 1 is 1.44 bits per heavy atom. The lowest BCUT2D eigenvalue weighted by atomic mass is 10.2. The molecule has 4 heteroatoms. The molecular weight excluding hydrogens is 228 g/mol. The van der Waals surface area contributed by atoms with Gasteiger partial charge in [0.05, 0.1) is 11.0 Å². The SMILES string of the molecule is Cc1ccc2nc(/C=C/C(=O)O)n(C(C)C)c2c1. The molecule has 0 aliphatic rings. The van der Waals surface area contributed by atoms with Gasteiger partial charge in [0.15, 0.2) is 0 Å². The molecule has 0 saturated heterocycles. The van der Waals surface area contributed by atoms with Gasteiger partial charge >= 0.3 is 5.97 Å². The summed E-state index contributed by atoms with van der Waals surface area (Å²) >= 11 is 0. The van der Waals surface area contributed by atoms with Crippen LogP contribution in [0.2, 0.25) is 0 Å². The van der Waals surface area contributed by atoms with Gasteiger partial charge in [-0.1, -0.05) is 6.07 Å². The molecule has 18 heavy (non-hydrogen) atoms. The molecule has 1 aromatic carbocycles. The normalized spacial score (nSPS) is 11.8. The van der Waals surface area contributed by atoms with E-state index in [-0.39, 0.29) is 6.04 Å². The van der Waals surface area contributed by atoms with Crippen LogP contribution in [0.3, 0.4) is 0 Å². The number of aromatic nitrogens is 2. The number of aryl methyl sites for hydroxylation is 1. The van der Waals surface area contributed by atoms with E-state index >= 15 is 0 Å². The minimum atomic E-state index is -0.964. The standard InChI is InChI=1S/C14H16N2O2/c1-9(2)16-12-8-10(3)4-5-11(12)15-13(16)6-7-14(17)18/h4-9H,1-3H3,(H,17,18)/b7-6+. The van der Waals surface area contributed by atoms with Crippen LogP contribution in [0.1, 0.15) is 31.3 Å². The zero-order chi connectivity index (χ0) is 13.3. The highest BCUT2D eigenvalue weighted by Crippen LogP contribution is 2.22. The van der Waals surface area contributed by atoms with E-state index in [0.29, 0.717) is 5.82 Å². The molecule has 0 fully saturated rings. The van der Waals surface area contributed by atoms with Crippen molar-refractivity contribution in [3.8, 4) is 0 Å². The Hall–Kier alpha value is -2.10. The molecule has 0 unspecified atom stereocenters. The summed E-state index contributed by atoms with van der Waals surface area (Å²) in [4.78, 5) is 15.1. The van der Waals surface area contributed by atoms with Crippen molar-refractivity contribution in [2.24, 2.45) is 0 Å². The monoisotopic (exact) mass is 244 g/mol. The van der Waals surface area contributed by atoms with Crippen LogP contribution in [-0.2, 0) is 4.79 Å². The summed E-state index contributed by atoms with van der Waals surface area (Å²) < 4.78 is 2.04. The Labute approximate surface area is 106 Å². The minimum Gasteiger partial charge on any atom is -0.478 e. The van der Waals surface area contributed by atoms with Gasteiger partial charge in [0.1, 0.15) is 5.82 Å². The maximum atomic E-state index is 10.6. The van der Waals surface area contributed by atoms with Crippen LogP contribution in [0, 0.1) is 6.92 Å². The van der Waals surface area contributed by atoms with Crippen molar-refractivity contribution < 1.29 is 9.90 Å². The van der Waals surface area contributed by atoms with Crippen molar-refractivity contribution in [3.63, 3.8) is 0 Å². The van der Waals surface area contributed by atoms with Crippen LogP contribution in [0.4, 0.5) is 0 Å². The van der Waals surface area contributed by atoms with Crippen LogP contribution in [0.15, 0.2) is 24.3 Å². The van der Waals surface area contributed by atoms with Crippen molar-refractivity contribution >= 4 is 23.1 Å². The minimum absolute atomic E-state index is 0.227. The second kappa shape index (κ2) is 4.64. The largest absolute Gasteiger partial charge is 0.478 e. The lowest BCUT2D eigenvalue weighted by Gasteiger charge is -2.11. The van der Waals surface area contributed by atoms with Crippen molar-refractivity contribution in [2.45, 2.75) is 26.8 Å². The predicted molar refractivity (Wildman–Crippen MR) is 71.5 cm³/mol. The molecule has 1 aromatic heterocycles. The number of benzene rings is 1. The van der Waals surface area contributed by atoms with Gasteiger partial charge in [-0.05, 0) is 44.5 Å². The number of carboxylic acids is 1. The van der Waals surface area contributed by atoms with E-state index in [2.05, 4.69) is 24.9 Å². The fourth-order valence-corrected chi connectivity index (χ4v) is 2.03. The van der Waals surface area contributed by atoms with E-state index in [1.807, 2.05) is 23.6 Å². The predicted octanol–water partition coefficient (Wildman–Crippen LogP) is 3.02. The molecule has 0 saturated carbocycles. The number of nitrogens with zero attached hydrogens (tertiary/aromatic N) is 2. The van der Waals surface area contributed by atoms with Gasteiger partial charge in [0.2, 0.25) is 0 Å². The average Bonchev–Trinajstić information content (AvgIpc) is 2.63. The number of carboxylic acid groups (broad SMARTS) is 1. The van der Waals surface area contributed by atoms with Gasteiger partial charge < -0.3 is 9.67 Å². The molecular formula is C14H16N2O2. The Bertz CT molecular complexity index is 624. The molecule has 0 atom stereocenters. The van der Waals surface area contributed by atoms with Crippen molar-refractivity contribution in [1.29, 1.82) is 0 Å². The summed E-state index contributed by atoms with van der Waals surface area (Å²) in [6.07, 6.45) is 2.66. The summed E-state index contributed by atoms with van der Waals surface area (Å²) in [5.41, 5.74) is 3.09. The lowest BCUT2D eigenvalue weighted by molar-refractivity contribution is -0.131. The van der Waals surface area contributed by atoms with Crippen molar-refractivity contribution in [2.75, 3.05) is 0 Å². The highest BCUT2D eigenvalue weighted by atomic mass is 16.4. The molecule has 2 aromatic rings. The second-order valence-corrected chi connectivity index (χ2v) is 4.60. The van der Waals surface area contributed by atoms with E-state index in [1.54, 1.807) is 0 Å². The number of imidazole rings is 1. The third kappa shape index (κ3) is 2.27. The molecule has 0 aliphatic heterocycles. The molecule has 0 amide bonds. The van der Waals surface area contributed by atoms with Crippen LogP contribution in [0.25, 0.3) is 17.1 Å². The molecule has 4 nitrogen and oxygen atoms in total. The molecule has 0 aliphatic carbocycles. The number of aliphatic carboxylic acids is 1. The number of carbonyl (C=O) groups is 1. The van der Waals surface area contributed by atoms with Crippen LogP contribution in [-0.4, -0.2) is 20.6 Å². The summed E-state index contributed by atoms with van der Waals surface area (Å²) in [7, 11) is 0. The van der Waals surface area contributed by atoms with Gasteiger partial charge in [-0.25, -0.2) is 9.78 Å². The number of hydrogen-bond acceptors (Lipinski definition) is 2. The maximum absolute atomic E-state index is 10.6. The van der Waals surface area contributed by atoms with Gasteiger partial charge in [0.25, 0.3) is 0 Å². The topological polar surface area (TPSA) is 55.1 Å². The molecule has 0 radical (unpaired) electrons. The van der Waals surface area contributed by atoms with Gasteiger partial charge in [-0.3, -0.25) is 0 Å². The van der Waals surface area contributed by atoms with Gasteiger partial charge in [0, 0.05) is 12.1 Å². The fourth-order valence-electron chi connectivity index (χ4n) is 2.03. The summed E-state index contributed by atoms with van der Waals surface area (Å²) in [6, 6.07) is 6.26. The third-order valence-corrected chi connectivity index (χ3v) is 2.76. The first-order valence-corrected chi connectivity index (χ1v) is 5.88. The van der Waals surface area contributed by atoms with Crippen LogP contribution < -0.4 is 0 Å². The summed E-state index contributed by atoms with van der Waals surface area (Å²) in [5, 5.41) is 8.70. The number of fused-ring (bicyclic) bond motifs is 1. The molecule has 2 rings (SSSR count). The molecule has 1 heterocycles. The van der Waals surface area contributed by atoms with Crippen LogP contribution in [0.5, 0.6) is 0 Å². The van der Waals surface area contributed by atoms with E-state index < -0.39 is 5.97 Å². The van der Waals surface area contributed by atoms with E-state index in [9.17, 15) is 4.79 Å². The fraction of sp³-hybridized carbons (Fsp3) is 0.286. The maximum Gasteiger partial charge on any atom is 0.328 e. The van der Waals surface area contributed by atoms with Crippen molar-refractivity contribution in [3.05, 3.63) is 35.7 Å². The molecule has 0 bridgehead atoms.